The van der Waals surface area contributed by atoms with Gasteiger partial charge in [-0.2, -0.15) is 0 Å². The van der Waals surface area contributed by atoms with Gasteiger partial charge < -0.3 is 28.4 Å². The standard InChI is InChI=1S/C29H34O9/c1-5-16-29(25(36-21(3)31)19-33-20(2)30)27(35-18-24-14-10-7-11-15-24)26(28(38-29)37-22(4)32)34-17-23-12-8-6-9-13-23/h5-15,25-28H,1,16-19H2,2-4H3/t25-,26-,27-,28?,29+/m1/s1. The van der Waals surface area contributed by atoms with Gasteiger partial charge in [0, 0.05) is 27.2 Å². The summed E-state index contributed by atoms with van der Waals surface area (Å²) >= 11 is 0. The largest absolute Gasteiger partial charge is 0.462 e. The molecule has 0 radical (unpaired) electrons. The summed E-state index contributed by atoms with van der Waals surface area (Å²) < 4.78 is 35.5. The van der Waals surface area contributed by atoms with Crippen molar-refractivity contribution in [2.75, 3.05) is 6.61 Å². The lowest BCUT2D eigenvalue weighted by molar-refractivity contribution is -0.230. The van der Waals surface area contributed by atoms with E-state index in [9.17, 15) is 14.4 Å². The number of carbonyl (C=O) groups is 3. The molecule has 0 saturated carbocycles. The first-order chi connectivity index (χ1) is 18.2. The van der Waals surface area contributed by atoms with Gasteiger partial charge in [0.05, 0.1) is 13.2 Å². The number of rotatable bonds is 13. The highest BCUT2D eigenvalue weighted by Crippen LogP contribution is 2.43. The topological polar surface area (TPSA) is 107 Å². The quantitative estimate of drug-likeness (QED) is 0.218. The van der Waals surface area contributed by atoms with E-state index in [2.05, 4.69) is 6.58 Å². The molecule has 0 bridgehead atoms. The summed E-state index contributed by atoms with van der Waals surface area (Å²) in [6, 6.07) is 18.9. The Morgan fingerprint density at radius 3 is 1.97 bits per heavy atom. The molecule has 9 heteroatoms. The normalized spacial score (nSPS) is 23.3. The molecule has 0 aromatic heterocycles. The molecule has 0 N–H and O–H groups in total. The molecule has 204 valence electrons. The minimum atomic E-state index is -1.46. The Bertz CT molecular complexity index is 1070. The molecule has 9 nitrogen and oxygen atoms in total. The summed E-state index contributed by atoms with van der Waals surface area (Å²) in [6.45, 7) is 7.61. The van der Waals surface area contributed by atoms with Crippen LogP contribution in [0.1, 0.15) is 38.3 Å². The highest BCUT2D eigenvalue weighted by molar-refractivity contribution is 5.67. The number of ether oxygens (including phenoxy) is 6. The predicted octanol–water partition coefficient (Wildman–Crippen LogP) is 3.89. The van der Waals surface area contributed by atoms with Crippen molar-refractivity contribution >= 4 is 17.9 Å². The van der Waals surface area contributed by atoms with E-state index >= 15 is 0 Å². The van der Waals surface area contributed by atoms with Gasteiger partial charge in [-0.15, -0.1) is 6.58 Å². The fourth-order valence-electron chi connectivity index (χ4n) is 4.40. The fraction of sp³-hybridized carbons (Fsp3) is 0.414. The van der Waals surface area contributed by atoms with Gasteiger partial charge in [-0.05, 0) is 11.1 Å². The second-order valence-electron chi connectivity index (χ2n) is 8.92. The predicted molar refractivity (Wildman–Crippen MR) is 136 cm³/mol. The molecule has 1 fully saturated rings. The zero-order valence-corrected chi connectivity index (χ0v) is 21.9. The minimum absolute atomic E-state index is 0.106. The molecule has 1 aliphatic rings. The Labute approximate surface area is 222 Å². The maximum Gasteiger partial charge on any atom is 0.305 e. The molecule has 0 spiro atoms. The molecule has 2 aromatic carbocycles. The van der Waals surface area contributed by atoms with Gasteiger partial charge in [0.2, 0.25) is 6.29 Å². The van der Waals surface area contributed by atoms with Crippen molar-refractivity contribution in [3.63, 3.8) is 0 Å². The Balaban J connectivity index is 2.04. The van der Waals surface area contributed by atoms with E-state index in [1.165, 1.54) is 20.8 Å². The molecule has 1 aliphatic heterocycles. The van der Waals surface area contributed by atoms with Gasteiger partial charge in [-0.1, -0.05) is 66.7 Å². The van der Waals surface area contributed by atoms with Crippen molar-refractivity contribution in [1.82, 2.24) is 0 Å². The van der Waals surface area contributed by atoms with Crippen LogP contribution in [0.25, 0.3) is 0 Å². The summed E-state index contributed by atoms with van der Waals surface area (Å²) in [4.78, 5) is 35.9. The molecule has 5 atom stereocenters. The number of hydrogen-bond donors (Lipinski definition) is 0. The van der Waals surface area contributed by atoms with E-state index in [1.54, 1.807) is 6.08 Å². The molecule has 1 heterocycles. The van der Waals surface area contributed by atoms with Crippen molar-refractivity contribution < 1.29 is 42.8 Å². The maximum atomic E-state index is 12.1. The lowest BCUT2D eigenvalue weighted by Gasteiger charge is -2.39. The molecule has 38 heavy (non-hydrogen) atoms. The first-order valence-corrected chi connectivity index (χ1v) is 12.3. The number of esters is 3. The highest BCUT2D eigenvalue weighted by Gasteiger charge is 2.62. The Morgan fingerprint density at radius 1 is 0.895 bits per heavy atom. The third kappa shape index (κ3) is 7.74. The van der Waals surface area contributed by atoms with Crippen LogP contribution in [0.15, 0.2) is 73.3 Å². The fourth-order valence-corrected chi connectivity index (χ4v) is 4.40. The van der Waals surface area contributed by atoms with Crippen molar-refractivity contribution in [3.8, 4) is 0 Å². The third-order valence-electron chi connectivity index (χ3n) is 5.98. The average Bonchev–Trinajstić information content (AvgIpc) is 3.17. The van der Waals surface area contributed by atoms with Crippen LogP contribution in [-0.4, -0.2) is 54.7 Å². The van der Waals surface area contributed by atoms with Crippen LogP contribution in [0.3, 0.4) is 0 Å². The molecular formula is C29H34O9. The molecule has 3 rings (SSSR count). The Morgan fingerprint density at radius 2 is 1.47 bits per heavy atom. The second-order valence-corrected chi connectivity index (χ2v) is 8.92. The summed E-state index contributed by atoms with van der Waals surface area (Å²) in [5, 5.41) is 0. The van der Waals surface area contributed by atoms with Crippen LogP contribution in [0.4, 0.5) is 0 Å². The summed E-state index contributed by atoms with van der Waals surface area (Å²) in [5.74, 6) is -1.78. The van der Waals surface area contributed by atoms with Crippen LogP contribution >= 0.6 is 0 Å². The third-order valence-corrected chi connectivity index (χ3v) is 5.98. The van der Waals surface area contributed by atoms with Crippen LogP contribution in [-0.2, 0) is 56.0 Å². The average molecular weight is 527 g/mol. The SMILES string of the molecule is C=CC[C@@]1([C@@H](COC(C)=O)OC(C)=O)OC(OC(C)=O)[C@H](OCc2ccccc2)[C@H]1OCc1ccccc1. The molecule has 1 saturated heterocycles. The molecular weight excluding hydrogens is 492 g/mol. The van der Waals surface area contributed by atoms with Crippen LogP contribution < -0.4 is 0 Å². The van der Waals surface area contributed by atoms with E-state index in [0.717, 1.165) is 11.1 Å². The van der Waals surface area contributed by atoms with Crippen LogP contribution in [0.5, 0.6) is 0 Å². The van der Waals surface area contributed by atoms with Crippen LogP contribution in [0, 0.1) is 0 Å². The molecule has 0 aliphatic carbocycles. The van der Waals surface area contributed by atoms with Gasteiger partial charge in [0.25, 0.3) is 0 Å². The van der Waals surface area contributed by atoms with E-state index in [-0.39, 0.29) is 26.2 Å². The van der Waals surface area contributed by atoms with Crippen molar-refractivity contribution in [2.45, 2.75) is 70.6 Å². The lowest BCUT2D eigenvalue weighted by Crippen LogP contribution is -2.56. The lowest BCUT2D eigenvalue weighted by atomic mass is 9.85. The monoisotopic (exact) mass is 526 g/mol. The van der Waals surface area contributed by atoms with Crippen LogP contribution in [0.2, 0.25) is 0 Å². The Kier molecular flexibility index (Phi) is 10.6. The second kappa shape index (κ2) is 13.9. The first-order valence-electron chi connectivity index (χ1n) is 12.3. The van der Waals surface area contributed by atoms with E-state index < -0.39 is 48.1 Å². The zero-order valence-electron chi connectivity index (χ0n) is 21.9. The van der Waals surface area contributed by atoms with E-state index in [0.29, 0.717) is 0 Å². The molecule has 0 amide bonds. The molecule has 2 aromatic rings. The summed E-state index contributed by atoms with van der Waals surface area (Å²) in [6.07, 6.45) is -2.48. The first kappa shape index (κ1) is 29.0. The van der Waals surface area contributed by atoms with Gasteiger partial charge in [0.15, 0.2) is 6.10 Å². The maximum absolute atomic E-state index is 12.1. The van der Waals surface area contributed by atoms with Crippen molar-refractivity contribution in [2.24, 2.45) is 0 Å². The number of carbonyl (C=O) groups excluding carboxylic acids is 3. The van der Waals surface area contributed by atoms with Gasteiger partial charge >= 0.3 is 17.9 Å². The van der Waals surface area contributed by atoms with Gasteiger partial charge in [-0.25, -0.2) is 0 Å². The van der Waals surface area contributed by atoms with E-state index in [1.807, 2.05) is 60.7 Å². The van der Waals surface area contributed by atoms with Crippen molar-refractivity contribution in [3.05, 3.63) is 84.4 Å². The van der Waals surface area contributed by atoms with Crippen molar-refractivity contribution in [1.29, 1.82) is 0 Å². The minimum Gasteiger partial charge on any atom is -0.462 e. The Hall–Kier alpha value is -3.53. The highest BCUT2D eigenvalue weighted by atomic mass is 16.8. The molecule has 1 unspecified atom stereocenters. The number of hydrogen-bond acceptors (Lipinski definition) is 9. The van der Waals surface area contributed by atoms with Gasteiger partial charge in [0.1, 0.15) is 24.4 Å². The van der Waals surface area contributed by atoms with Gasteiger partial charge in [-0.3, -0.25) is 14.4 Å². The smallest absolute Gasteiger partial charge is 0.305 e. The summed E-state index contributed by atoms with van der Waals surface area (Å²) in [7, 11) is 0. The summed E-state index contributed by atoms with van der Waals surface area (Å²) in [5.41, 5.74) is 0.300. The number of benzene rings is 2. The zero-order chi connectivity index (χ0) is 27.5. The van der Waals surface area contributed by atoms with E-state index in [4.69, 9.17) is 28.4 Å².